The van der Waals surface area contributed by atoms with Gasteiger partial charge in [-0.15, -0.1) is 0 Å². The molecule has 3 aromatic rings. The number of fused-ring (bicyclic) bond motifs is 1. The van der Waals surface area contributed by atoms with Gasteiger partial charge >= 0.3 is 0 Å². The van der Waals surface area contributed by atoms with E-state index in [1.807, 2.05) is 24.3 Å². The predicted octanol–water partition coefficient (Wildman–Crippen LogP) is 4.77. The number of hydrogen-bond donors (Lipinski definition) is 4. The third kappa shape index (κ3) is 7.07. The molecule has 234 valence electrons. The molecule has 1 saturated heterocycles. The van der Waals surface area contributed by atoms with Crippen LogP contribution in [0.15, 0.2) is 48.7 Å². The average molecular weight is 608 g/mol. The molecule has 0 bridgehead atoms. The second-order valence-electron chi connectivity index (χ2n) is 11.4. The monoisotopic (exact) mass is 607 g/mol. The fraction of sp³-hybridized carbons (Fsp3) is 0.438. The van der Waals surface area contributed by atoms with Gasteiger partial charge in [0, 0.05) is 44.7 Å². The first kappa shape index (κ1) is 31.1. The van der Waals surface area contributed by atoms with Crippen LogP contribution in [0.1, 0.15) is 66.7 Å². The van der Waals surface area contributed by atoms with Gasteiger partial charge in [0.15, 0.2) is 0 Å². The van der Waals surface area contributed by atoms with Crippen LogP contribution in [0.4, 0.5) is 26.2 Å². The maximum Gasteiger partial charge on any atom is 0.275 e. The van der Waals surface area contributed by atoms with E-state index in [1.165, 1.54) is 14.0 Å². The van der Waals surface area contributed by atoms with Crippen molar-refractivity contribution in [2.45, 2.75) is 64.1 Å². The van der Waals surface area contributed by atoms with Gasteiger partial charge in [0.05, 0.1) is 30.4 Å². The summed E-state index contributed by atoms with van der Waals surface area (Å²) in [6.07, 6.45) is 3.40. The SMILES string of the molecule is CCN1CCC(NC(=O)c2ccc(Nc3ncc(C(C)(F)F)c(NC4Cc5ccccc5C4NC(C)=O)n3)c(OC)c2)CC1. The van der Waals surface area contributed by atoms with Crippen molar-refractivity contribution in [1.29, 1.82) is 0 Å². The van der Waals surface area contributed by atoms with Crippen molar-refractivity contribution in [2.75, 3.05) is 37.4 Å². The molecule has 2 aliphatic rings. The van der Waals surface area contributed by atoms with Crippen LogP contribution in [0.5, 0.6) is 5.75 Å². The molecular formula is C32H39F2N7O3. The minimum absolute atomic E-state index is 0.0488. The van der Waals surface area contributed by atoms with Gasteiger partial charge in [-0.3, -0.25) is 9.59 Å². The number of halogens is 2. The number of amides is 2. The summed E-state index contributed by atoms with van der Waals surface area (Å²) in [5, 5.41) is 12.3. The number of piperidine rings is 1. The van der Waals surface area contributed by atoms with Crippen LogP contribution in [0.25, 0.3) is 0 Å². The molecule has 10 nitrogen and oxygen atoms in total. The van der Waals surface area contributed by atoms with Crippen molar-refractivity contribution in [3.63, 3.8) is 0 Å². The standard InChI is InChI=1S/C32H39F2N7O3/c1-5-41-14-12-22(13-15-41)37-30(43)21-10-11-25(27(17-21)44-4)39-31-35-18-24(32(3,33)34)29(40-31)38-26-16-20-8-6-7-9-23(20)28(26)36-19(2)42/h6-11,17-18,22,26,28H,5,12-16H2,1-4H3,(H,36,42)(H,37,43)(H2,35,38,39,40). The van der Waals surface area contributed by atoms with Gasteiger partial charge in [0.25, 0.3) is 11.8 Å². The summed E-state index contributed by atoms with van der Waals surface area (Å²) in [6.45, 7) is 7.26. The number of anilines is 3. The molecule has 0 radical (unpaired) electrons. The summed E-state index contributed by atoms with van der Waals surface area (Å²) >= 11 is 0. The van der Waals surface area contributed by atoms with E-state index in [1.54, 1.807) is 18.2 Å². The minimum atomic E-state index is -3.23. The summed E-state index contributed by atoms with van der Waals surface area (Å²) in [5.41, 5.74) is 2.48. The molecule has 44 heavy (non-hydrogen) atoms. The van der Waals surface area contributed by atoms with Crippen molar-refractivity contribution >= 4 is 29.3 Å². The Hall–Kier alpha value is -4.32. The van der Waals surface area contributed by atoms with Crippen LogP contribution in [-0.2, 0) is 17.1 Å². The number of nitrogens with one attached hydrogen (secondary N) is 4. The summed E-state index contributed by atoms with van der Waals surface area (Å²) in [6, 6.07) is 11.9. The van der Waals surface area contributed by atoms with E-state index in [2.05, 4.69) is 43.1 Å². The molecule has 1 fully saturated rings. The number of hydrogen-bond acceptors (Lipinski definition) is 8. The first-order chi connectivity index (χ1) is 21.0. The summed E-state index contributed by atoms with van der Waals surface area (Å²) in [7, 11) is 1.48. The molecule has 2 unspecified atom stereocenters. The van der Waals surface area contributed by atoms with Gasteiger partial charge in [0.2, 0.25) is 11.9 Å². The third-order valence-corrected chi connectivity index (χ3v) is 8.26. The molecule has 2 heterocycles. The number of methoxy groups -OCH3 is 1. The topological polar surface area (TPSA) is 121 Å². The Morgan fingerprint density at radius 3 is 2.55 bits per heavy atom. The second kappa shape index (κ2) is 13.1. The molecule has 0 spiro atoms. The highest BCUT2D eigenvalue weighted by molar-refractivity contribution is 5.95. The third-order valence-electron chi connectivity index (χ3n) is 8.26. The molecule has 0 saturated carbocycles. The lowest BCUT2D eigenvalue weighted by Gasteiger charge is -2.31. The van der Waals surface area contributed by atoms with Gasteiger partial charge in [-0.05, 0) is 55.1 Å². The number of aromatic nitrogens is 2. The largest absolute Gasteiger partial charge is 0.495 e. The number of ether oxygens (including phenoxy) is 1. The molecule has 12 heteroatoms. The Kier molecular flexibility index (Phi) is 9.28. The highest BCUT2D eigenvalue weighted by Crippen LogP contribution is 2.37. The van der Waals surface area contributed by atoms with E-state index in [4.69, 9.17) is 4.74 Å². The zero-order chi connectivity index (χ0) is 31.4. The summed E-state index contributed by atoms with van der Waals surface area (Å²) < 4.78 is 34.9. The Morgan fingerprint density at radius 1 is 1.11 bits per heavy atom. The van der Waals surface area contributed by atoms with Gasteiger partial charge < -0.3 is 30.9 Å². The van der Waals surface area contributed by atoms with E-state index in [-0.39, 0.29) is 35.2 Å². The normalized spacial score (nSPS) is 18.8. The summed E-state index contributed by atoms with van der Waals surface area (Å²) in [4.78, 5) is 35.9. The molecule has 4 N–H and O–H groups in total. The van der Waals surface area contributed by atoms with Crippen molar-refractivity contribution in [3.8, 4) is 5.75 Å². The zero-order valence-corrected chi connectivity index (χ0v) is 25.4. The van der Waals surface area contributed by atoms with Crippen LogP contribution >= 0.6 is 0 Å². The maximum absolute atomic E-state index is 14.7. The van der Waals surface area contributed by atoms with Crippen LogP contribution in [0.2, 0.25) is 0 Å². The Bertz CT molecular complexity index is 1510. The van der Waals surface area contributed by atoms with E-state index in [9.17, 15) is 18.4 Å². The molecule has 5 rings (SSSR count). The highest BCUT2D eigenvalue weighted by Gasteiger charge is 2.36. The number of benzene rings is 2. The van der Waals surface area contributed by atoms with Gasteiger partial charge in [0.1, 0.15) is 11.6 Å². The number of nitrogens with zero attached hydrogens (tertiary/aromatic N) is 3. The van der Waals surface area contributed by atoms with Gasteiger partial charge in [-0.1, -0.05) is 31.2 Å². The van der Waals surface area contributed by atoms with Crippen LogP contribution < -0.4 is 26.0 Å². The fourth-order valence-electron chi connectivity index (χ4n) is 5.89. The van der Waals surface area contributed by atoms with Crippen LogP contribution in [0.3, 0.4) is 0 Å². The van der Waals surface area contributed by atoms with Crippen molar-refractivity contribution in [3.05, 3.63) is 70.9 Å². The van der Waals surface area contributed by atoms with E-state index in [0.717, 1.165) is 56.7 Å². The fourth-order valence-corrected chi connectivity index (χ4v) is 5.89. The van der Waals surface area contributed by atoms with Gasteiger partial charge in [-0.25, -0.2) is 13.8 Å². The number of rotatable bonds is 10. The molecule has 2 amide bonds. The molecule has 2 aromatic carbocycles. The van der Waals surface area contributed by atoms with Crippen molar-refractivity contribution < 1.29 is 23.1 Å². The zero-order valence-electron chi connectivity index (χ0n) is 25.4. The smallest absolute Gasteiger partial charge is 0.275 e. The predicted molar refractivity (Wildman–Crippen MR) is 165 cm³/mol. The van der Waals surface area contributed by atoms with Crippen LogP contribution in [-0.4, -0.2) is 65.5 Å². The molecule has 2 atom stereocenters. The lowest BCUT2D eigenvalue weighted by molar-refractivity contribution is -0.119. The van der Waals surface area contributed by atoms with Gasteiger partial charge in [-0.2, -0.15) is 4.98 Å². The molecule has 1 aliphatic heterocycles. The minimum Gasteiger partial charge on any atom is -0.495 e. The van der Waals surface area contributed by atoms with E-state index >= 15 is 0 Å². The number of carbonyl (C=O) groups excluding carboxylic acids is 2. The van der Waals surface area contributed by atoms with Crippen LogP contribution in [0, 0.1) is 0 Å². The van der Waals surface area contributed by atoms with E-state index in [0.29, 0.717) is 23.4 Å². The maximum atomic E-state index is 14.7. The van der Waals surface area contributed by atoms with Crippen molar-refractivity contribution in [1.82, 2.24) is 25.5 Å². The van der Waals surface area contributed by atoms with Crippen molar-refractivity contribution in [2.24, 2.45) is 0 Å². The molecular weight excluding hydrogens is 568 g/mol. The second-order valence-corrected chi connectivity index (χ2v) is 11.4. The quantitative estimate of drug-likeness (QED) is 0.260. The number of carbonyl (C=O) groups is 2. The number of alkyl halides is 2. The summed E-state index contributed by atoms with van der Waals surface area (Å²) in [5.74, 6) is -3.25. The average Bonchev–Trinajstić information content (AvgIpc) is 3.33. The first-order valence-corrected chi connectivity index (χ1v) is 14.9. The lowest BCUT2D eigenvalue weighted by Crippen LogP contribution is -2.44. The Labute approximate surface area is 256 Å². The molecule has 1 aliphatic carbocycles. The highest BCUT2D eigenvalue weighted by atomic mass is 19.3. The Balaban J connectivity index is 1.35. The first-order valence-electron chi connectivity index (χ1n) is 14.9. The Morgan fingerprint density at radius 2 is 1.86 bits per heavy atom. The molecule has 1 aromatic heterocycles. The van der Waals surface area contributed by atoms with E-state index < -0.39 is 18.0 Å². The lowest BCUT2D eigenvalue weighted by atomic mass is 10.0. The number of likely N-dealkylation sites (tertiary alicyclic amines) is 1.